The monoisotopic (exact) mass is 294 g/mol. The van der Waals surface area contributed by atoms with Crippen LogP contribution >= 0.6 is 11.3 Å². The Morgan fingerprint density at radius 1 is 1.45 bits per heavy atom. The number of carbonyl (C=O) groups is 1. The fourth-order valence-corrected chi connectivity index (χ4v) is 2.46. The summed E-state index contributed by atoms with van der Waals surface area (Å²) < 4.78 is 11.5. The second kappa shape index (κ2) is 6.56. The Balaban J connectivity index is 2.05. The largest absolute Gasteiger partial charge is 0.494 e. The zero-order valence-electron chi connectivity index (χ0n) is 11.8. The van der Waals surface area contributed by atoms with E-state index in [4.69, 9.17) is 9.47 Å². The summed E-state index contributed by atoms with van der Waals surface area (Å²) in [5.41, 5.74) is 0.831. The van der Waals surface area contributed by atoms with Gasteiger partial charge in [-0.05, 0) is 31.0 Å². The highest BCUT2D eigenvalue weighted by atomic mass is 32.1. The van der Waals surface area contributed by atoms with Gasteiger partial charge in [-0.2, -0.15) is 0 Å². The van der Waals surface area contributed by atoms with Gasteiger partial charge < -0.3 is 9.47 Å². The lowest BCUT2D eigenvalue weighted by Gasteiger charge is -2.06. The maximum atomic E-state index is 11.6. The molecule has 0 fully saturated rings. The van der Waals surface area contributed by atoms with E-state index in [-0.39, 0.29) is 0 Å². The third-order valence-electron chi connectivity index (χ3n) is 2.43. The molecule has 1 heterocycles. The van der Waals surface area contributed by atoms with Gasteiger partial charge in [-0.1, -0.05) is 25.2 Å². The van der Waals surface area contributed by atoms with Gasteiger partial charge in [-0.3, -0.25) is 5.32 Å². The molecule has 6 heteroatoms. The molecule has 0 saturated heterocycles. The molecule has 1 N–H and O–H groups in total. The highest BCUT2D eigenvalue weighted by Crippen LogP contribution is 2.29. The van der Waals surface area contributed by atoms with Gasteiger partial charge >= 0.3 is 6.09 Å². The van der Waals surface area contributed by atoms with Gasteiger partial charge in [0.1, 0.15) is 5.75 Å². The van der Waals surface area contributed by atoms with E-state index < -0.39 is 6.09 Å². The molecular weight excluding hydrogens is 276 g/mol. The topological polar surface area (TPSA) is 60.5 Å². The Labute approximate surface area is 121 Å². The number of nitrogens with one attached hydrogen (secondary N) is 1. The maximum absolute atomic E-state index is 11.6. The molecular formula is C14H18N2O3S. The number of ether oxygens (including phenoxy) is 2. The van der Waals surface area contributed by atoms with Crippen molar-refractivity contribution in [2.24, 2.45) is 5.92 Å². The van der Waals surface area contributed by atoms with Crippen LogP contribution in [0.2, 0.25) is 0 Å². The predicted molar refractivity (Wildman–Crippen MR) is 80.6 cm³/mol. The summed E-state index contributed by atoms with van der Waals surface area (Å²) in [6.45, 7) is 6.93. The van der Waals surface area contributed by atoms with Crippen LogP contribution in [0.1, 0.15) is 20.8 Å². The first-order chi connectivity index (χ1) is 9.58. The number of nitrogens with zero attached hydrogens (tertiary/aromatic N) is 1. The molecule has 1 aromatic heterocycles. The van der Waals surface area contributed by atoms with Crippen LogP contribution in [0.15, 0.2) is 18.2 Å². The van der Waals surface area contributed by atoms with E-state index >= 15 is 0 Å². The van der Waals surface area contributed by atoms with E-state index in [9.17, 15) is 4.79 Å². The van der Waals surface area contributed by atoms with Gasteiger partial charge in [-0.25, -0.2) is 9.78 Å². The molecule has 0 aliphatic rings. The van der Waals surface area contributed by atoms with Crippen molar-refractivity contribution in [2.75, 3.05) is 18.5 Å². The van der Waals surface area contributed by atoms with Crippen LogP contribution in [0, 0.1) is 5.92 Å². The van der Waals surface area contributed by atoms with Crippen molar-refractivity contribution in [3.05, 3.63) is 18.2 Å². The van der Waals surface area contributed by atoms with Crippen molar-refractivity contribution in [3.8, 4) is 5.75 Å². The Morgan fingerprint density at radius 2 is 2.25 bits per heavy atom. The molecule has 0 unspecified atom stereocenters. The second-order valence-corrected chi connectivity index (χ2v) is 5.73. The molecule has 5 nitrogen and oxygen atoms in total. The van der Waals surface area contributed by atoms with Crippen molar-refractivity contribution in [3.63, 3.8) is 0 Å². The van der Waals surface area contributed by atoms with Gasteiger partial charge in [0.2, 0.25) is 0 Å². The Kier molecular flexibility index (Phi) is 4.79. The zero-order chi connectivity index (χ0) is 14.5. The molecule has 0 bridgehead atoms. The summed E-state index contributed by atoms with van der Waals surface area (Å²) in [6, 6.07) is 5.66. The van der Waals surface area contributed by atoms with Crippen molar-refractivity contribution in [2.45, 2.75) is 20.8 Å². The Morgan fingerprint density at radius 3 is 2.95 bits per heavy atom. The summed E-state index contributed by atoms with van der Waals surface area (Å²) in [5, 5.41) is 3.17. The van der Waals surface area contributed by atoms with E-state index in [1.165, 1.54) is 11.3 Å². The third kappa shape index (κ3) is 3.84. The van der Waals surface area contributed by atoms with Crippen LogP contribution in [-0.2, 0) is 4.74 Å². The van der Waals surface area contributed by atoms with Crippen molar-refractivity contribution < 1.29 is 14.3 Å². The number of rotatable bonds is 5. The van der Waals surface area contributed by atoms with Crippen LogP contribution in [0.25, 0.3) is 10.2 Å². The molecule has 1 aromatic carbocycles. The van der Waals surface area contributed by atoms with Gasteiger partial charge in [0.05, 0.1) is 23.4 Å². The SMILES string of the molecule is CCOc1ccc2nc(NC(=O)OCC(C)C)sc2c1. The number of aromatic nitrogens is 1. The lowest BCUT2D eigenvalue weighted by atomic mass is 10.2. The van der Waals surface area contributed by atoms with E-state index in [0.717, 1.165) is 16.0 Å². The number of carbonyl (C=O) groups excluding carboxylic acids is 1. The van der Waals surface area contributed by atoms with Gasteiger partial charge in [0.15, 0.2) is 5.13 Å². The van der Waals surface area contributed by atoms with Crippen molar-refractivity contribution in [1.29, 1.82) is 0 Å². The molecule has 0 spiro atoms. The minimum absolute atomic E-state index is 0.310. The second-order valence-electron chi connectivity index (χ2n) is 4.70. The molecule has 2 rings (SSSR count). The molecule has 0 aliphatic heterocycles. The Bertz CT molecular complexity index is 595. The lowest BCUT2D eigenvalue weighted by Crippen LogP contribution is -2.16. The van der Waals surface area contributed by atoms with E-state index in [0.29, 0.717) is 24.3 Å². The van der Waals surface area contributed by atoms with Gasteiger partial charge in [0, 0.05) is 0 Å². The van der Waals surface area contributed by atoms with Gasteiger partial charge in [0.25, 0.3) is 0 Å². The van der Waals surface area contributed by atoms with E-state index in [1.807, 2.05) is 39.0 Å². The molecule has 20 heavy (non-hydrogen) atoms. The fraction of sp³-hybridized carbons (Fsp3) is 0.429. The number of amides is 1. The standard InChI is InChI=1S/C14H18N2O3S/c1-4-18-10-5-6-11-12(7-10)20-13(15-11)16-14(17)19-8-9(2)3/h5-7,9H,4,8H2,1-3H3,(H,15,16,17). The van der Waals surface area contributed by atoms with Crippen LogP contribution in [0.5, 0.6) is 5.75 Å². The third-order valence-corrected chi connectivity index (χ3v) is 3.36. The van der Waals surface area contributed by atoms with E-state index in [2.05, 4.69) is 10.3 Å². The average Bonchev–Trinajstić information content (AvgIpc) is 2.78. The lowest BCUT2D eigenvalue weighted by molar-refractivity contribution is 0.147. The number of fused-ring (bicyclic) bond motifs is 1. The summed E-state index contributed by atoms with van der Waals surface area (Å²) in [4.78, 5) is 15.9. The number of anilines is 1. The van der Waals surface area contributed by atoms with Crippen LogP contribution < -0.4 is 10.1 Å². The molecule has 0 radical (unpaired) electrons. The smallest absolute Gasteiger partial charge is 0.413 e. The molecule has 0 atom stereocenters. The van der Waals surface area contributed by atoms with Gasteiger partial charge in [-0.15, -0.1) is 0 Å². The highest BCUT2D eigenvalue weighted by Gasteiger charge is 2.10. The van der Waals surface area contributed by atoms with Crippen LogP contribution in [0.3, 0.4) is 0 Å². The molecule has 0 saturated carbocycles. The maximum Gasteiger partial charge on any atom is 0.413 e. The molecule has 2 aromatic rings. The number of thiazole rings is 1. The number of hydrogen-bond donors (Lipinski definition) is 1. The fourth-order valence-electron chi connectivity index (χ4n) is 1.58. The molecule has 1 amide bonds. The van der Waals surface area contributed by atoms with Crippen molar-refractivity contribution in [1.82, 2.24) is 4.98 Å². The zero-order valence-corrected chi connectivity index (χ0v) is 12.6. The first-order valence-electron chi connectivity index (χ1n) is 6.55. The quantitative estimate of drug-likeness (QED) is 0.908. The Hall–Kier alpha value is -1.82. The normalized spacial score (nSPS) is 10.8. The summed E-state index contributed by atoms with van der Waals surface area (Å²) in [5.74, 6) is 1.11. The summed E-state index contributed by atoms with van der Waals surface area (Å²) in [7, 11) is 0. The van der Waals surface area contributed by atoms with E-state index in [1.54, 1.807) is 0 Å². The minimum Gasteiger partial charge on any atom is -0.494 e. The number of benzene rings is 1. The average molecular weight is 294 g/mol. The highest BCUT2D eigenvalue weighted by molar-refractivity contribution is 7.22. The summed E-state index contributed by atoms with van der Waals surface area (Å²) >= 11 is 1.40. The molecule has 0 aliphatic carbocycles. The molecule has 108 valence electrons. The minimum atomic E-state index is -0.470. The van der Waals surface area contributed by atoms with Crippen molar-refractivity contribution >= 4 is 32.8 Å². The van der Waals surface area contributed by atoms with Crippen LogP contribution in [-0.4, -0.2) is 24.3 Å². The first kappa shape index (κ1) is 14.6. The number of hydrogen-bond acceptors (Lipinski definition) is 5. The first-order valence-corrected chi connectivity index (χ1v) is 7.37. The van der Waals surface area contributed by atoms with Crippen LogP contribution in [0.4, 0.5) is 9.93 Å². The predicted octanol–water partition coefficient (Wildman–Crippen LogP) is 3.90. The summed E-state index contributed by atoms with van der Waals surface area (Å²) in [6.07, 6.45) is -0.470.